The number of hydrogen-bond donors (Lipinski definition) is 2. The summed E-state index contributed by atoms with van der Waals surface area (Å²) in [5.74, 6) is 1.35. The van der Waals surface area contributed by atoms with Gasteiger partial charge in [-0.3, -0.25) is 0 Å². The van der Waals surface area contributed by atoms with E-state index < -0.39 is 0 Å². The summed E-state index contributed by atoms with van der Waals surface area (Å²) in [6, 6.07) is 7.21. The van der Waals surface area contributed by atoms with Gasteiger partial charge >= 0.3 is 6.03 Å². The zero-order chi connectivity index (χ0) is 14.9. The van der Waals surface area contributed by atoms with Crippen molar-refractivity contribution in [3.63, 3.8) is 0 Å². The Kier molecular flexibility index (Phi) is 6.15. The lowest BCUT2D eigenvalue weighted by Crippen LogP contribution is -2.41. The smallest absolute Gasteiger partial charge is 0.315 e. The first-order chi connectivity index (χ1) is 10.3. The summed E-state index contributed by atoms with van der Waals surface area (Å²) in [5, 5.41) is 5.53. The predicted molar refractivity (Wildman–Crippen MR) is 78.9 cm³/mol. The molecule has 2 rings (SSSR count). The van der Waals surface area contributed by atoms with Crippen LogP contribution in [-0.2, 0) is 4.74 Å². The third-order valence-electron chi connectivity index (χ3n) is 3.23. The minimum Gasteiger partial charge on any atom is -0.493 e. The van der Waals surface area contributed by atoms with E-state index in [1.807, 2.05) is 24.3 Å². The van der Waals surface area contributed by atoms with Crippen molar-refractivity contribution in [1.82, 2.24) is 10.6 Å². The fourth-order valence-electron chi connectivity index (χ4n) is 2.14. The highest BCUT2D eigenvalue weighted by Crippen LogP contribution is 2.25. The summed E-state index contributed by atoms with van der Waals surface area (Å²) in [6.45, 7) is 2.16. The van der Waals surface area contributed by atoms with Crippen LogP contribution in [0.4, 0.5) is 4.79 Å². The van der Waals surface area contributed by atoms with Gasteiger partial charge in [0.25, 0.3) is 0 Å². The average molecular weight is 294 g/mol. The molecule has 0 spiro atoms. The van der Waals surface area contributed by atoms with Gasteiger partial charge in [0.1, 0.15) is 6.61 Å². The Morgan fingerprint density at radius 3 is 2.86 bits per heavy atom. The normalized spacial score (nSPS) is 17.3. The summed E-state index contributed by atoms with van der Waals surface area (Å²) in [5.41, 5.74) is 0. The molecule has 1 aliphatic rings. The van der Waals surface area contributed by atoms with Gasteiger partial charge in [0.05, 0.1) is 19.8 Å². The van der Waals surface area contributed by atoms with Crippen molar-refractivity contribution in [3.8, 4) is 11.5 Å². The van der Waals surface area contributed by atoms with Crippen molar-refractivity contribution in [2.75, 3.05) is 33.4 Å². The summed E-state index contributed by atoms with van der Waals surface area (Å²) in [7, 11) is 1.60. The molecule has 1 saturated heterocycles. The van der Waals surface area contributed by atoms with Crippen LogP contribution in [0, 0.1) is 0 Å². The SMILES string of the molecule is COc1ccccc1OCCNC(=O)NCC1CCCO1. The predicted octanol–water partition coefficient (Wildman–Crippen LogP) is 1.55. The minimum atomic E-state index is -0.200. The molecule has 6 heteroatoms. The molecule has 21 heavy (non-hydrogen) atoms. The molecule has 2 amide bonds. The number of methoxy groups -OCH3 is 1. The molecule has 1 atom stereocenters. The molecule has 1 aliphatic heterocycles. The lowest BCUT2D eigenvalue weighted by Gasteiger charge is -2.13. The first-order valence-electron chi connectivity index (χ1n) is 7.18. The second-order valence-corrected chi connectivity index (χ2v) is 4.77. The number of hydrogen-bond acceptors (Lipinski definition) is 4. The Balaban J connectivity index is 1.59. The molecule has 1 fully saturated rings. The molecule has 1 heterocycles. The monoisotopic (exact) mass is 294 g/mol. The molecule has 6 nitrogen and oxygen atoms in total. The summed E-state index contributed by atoms with van der Waals surface area (Å²) in [4.78, 5) is 11.6. The van der Waals surface area contributed by atoms with Crippen molar-refractivity contribution < 1.29 is 19.0 Å². The molecule has 0 bridgehead atoms. The molecule has 116 valence electrons. The largest absolute Gasteiger partial charge is 0.493 e. The maximum Gasteiger partial charge on any atom is 0.315 e. The van der Waals surface area contributed by atoms with Gasteiger partial charge in [-0.25, -0.2) is 4.79 Å². The van der Waals surface area contributed by atoms with Crippen molar-refractivity contribution in [2.45, 2.75) is 18.9 Å². The molecule has 1 aromatic rings. The maximum absolute atomic E-state index is 11.6. The number of ether oxygens (including phenoxy) is 3. The van der Waals surface area contributed by atoms with E-state index >= 15 is 0 Å². The van der Waals surface area contributed by atoms with Crippen molar-refractivity contribution >= 4 is 6.03 Å². The highest BCUT2D eigenvalue weighted by atomic mass is 16.5. The van der Waals surface area contributed by atoms with E-state index in [9.17, 15) is 4.79 Å². The number of urea groups is 1. The lowest BCUT2D eigenvalue weighted by molar-refractivity contribution is 0.111. The molecule has 0 saturated carbocycles. The van der Waals surface area contributed by atoms with E-state index in [4.69, 9.17) is 14.2 Å². The summed E-state index contributed by atoms with van der Waals surface area (Å²) in [6.07, 6.45) is 2.23. The topological polar surface area (TPSA) is 68.8 Å². The third-order valence-corrected chi connectivity index (χ3v) is 3.23. The second kappa shape index (κ2) is 8.36. The molecule has 1 aromatic carbocycles. The van der Waals surface area contributed by atoms with Crippen LogP contribution in [0.1, 0.15) is 12.8 Å². The van der Waals surface area contributed by atoms with Gasteiger partial charge in [0, 0.05) is 13.2 Å². The van der Waals surface area contributed by atoms with Crippen molar-refractivity contribution in [3.05, 3.63) is 24.3 Å². The highest BCUT2D eigenvalue weighted by Gasteiger charge is 2.15. The van der Waals surface area contributed by atoms with Crippen LogP contribution >= 0.6 is 0 Å². The van der Waals surface area contributed by atoms with Gasteiger partial charge in [0.15, 0.2) is 11.5 Å². The van der Waals surface area contributed by atoms with E-state index in [-0.39, 0.29) is 12.1 Å². The van der Waals surface area contributed by atoms with E-state index in [1.54, 1.807) is 7.11 Å². The fraction of sp³-hybridized carbons (Fsp3) is 0.533. The average Bonchev–Trinajstić information content (AvgIpc) is 3.03. The Hall–Kier alpha value is -1.95. The van der Waals surface area contributed by atoms with Gasteiger partial charge in [-0.1, -0.05) is 12.1 Å². The van der Waals surface area contributed by atoms with Crippen LogP contribution in [0.2, 0.25) is 0 Å². The van der Waals surface area contributed by atoms with E-state index in [2.05, 4.69) is 10.6 Å². The van der Waals surface area contributed by atoms with Gasteiger partial charge < -0.3 is 24.8 Å². The molecule has 0 aromatic heterocycles. The number of nitrogens with one attached hydrogen (secondary N) is 2. The Morgan fingerprint density at radius 1 is 1.33 bits per heavy atom. The van der Waals surface area contributed by atoms with Gasteiger partial charge in [-0.2, -0.15) is 0 Å². The number of para-hydroxylation sites is 2. The quantitative estimate of drug-likeness (QED) is 0.749. The van der Waals surface area contributed by atoms with Gasteiger partial charge in [-0.05, 0) is 25.0 Å². The van der Waals surface area contributed by atoms with Crippen LogP contribution in [-0.4, -0.2) is 45.5 Å². The molecular weight excluding hydrogens is 272 g/mol. The Labute approximate surface area is 124 Å². The zero-order valence-electron chi connectivity index (χ0n) is 12.3. The number of carbonyl (C=O) groups is 1. The first-order valence-corrected chi connectivity index (χ1v) is 7.18. The van der Waals surface area contributed by atoms with Crippen LogP contribution < -0.4 is 20.1 Å². The van der Waals surface area contributed by atoms with Gasteiger partial charge in [-0.15, -0.1) is 0 Å². The standard InChI is InChI=1S/C15H22N2O4/c1-19-13-6-2-3-7-14(13)21-10-8-16-15(18)17-11-12-5-4-9-20-12/h2-3,6-7,12H,4-5,8-11H2,1H3,(H2,16,17,18). The zero-order valence-corrected chi connectivity index (χ0v) is 12.3. The molecular formula is C15H22N2O4. The maximum atomic E-state index is 11.6. The second-order valence-electron chi connectivity index (χ2n) is 4.77. The molecule has 1 unspecified atom stereocenters. The van der Waals surface area contributed by atoms with Crippen LogP contribution in [0.3, 0.4) is 0 Å². The number of carbonyl (C=O) groups excluding carboxylic acids is 1. The van der Waals surface area contributed by atoms with Crippen molar-refractivity contribution in [1.29, 1.82) is 0 Å². The van der Waals surface area contributed by atoms with Crippen molar-refractivity contribution in [2.24, 2.45) is 0 Å². The number of amides is 2. The van der Waals surface area contributed by atoms with Crippen LogP contribution in [0.5, 0.6) is 11.5 Å². The number of benzene rings is 1. The van der Waals surface area contributed by atoms with Crippen LogP contribution in [0.25, 0.3) is 0 Å². The first kappa shape index (κ1) is 15.4. The fourth-order valence-corrected chi connectivity index (χ4v) is 2.14. The van der Waals surface area contributed by atoms with E-state index in [1.165, 1.54) is 0 Å². The number of rotatable bonds is 7. The van der Waals surface area contributed by atoms with Crippen LogP contribution in [0.15, 0.2) is 24.3 Å². The molecule has 0 aliphatic carbocycles. The summed E-state index contributed by atoms with van der Waals surface area (Å²) < 4.78 is 16.2. The Bertz CT molecular complexity index is 447. The third kappa shape index (κ3) is 5.15. The van der Waals surface area contributed by atoms with E-state index in [0.717, 1.165) is 19.4 Å². The Morgan fingerprint density at radius 2 is 2.14 bits per heavy atom. The summed E-state index contributed by atoms with van der Waals surface area (Å²) >= 11 is 0. The van der Waals surface area contributed by atoms with E-state index in [0.29, 0.717) is 31.2 Å². The molecule has 2 N–H and O–H groups in total. The molecule has 0 radical (unpaired) electrons. The van der Waals surface area contributed by atoms with Gasteiger partial charge in [0.2, 0.25) is 0 Å². The minimum absolute atomic E-state index is 0.153. The highest BCUT2D eigenvalue weighted by molar-refractivity contribution is 5.73. The lowest BCUT2D eigenvalue weighted by atomic mass is 10.2.